The van der Waals surface area contributed by atoms with Crippen molar-refractivity contribution in [2.24, 2.45) is 0 Å². The Morgan fingerprint density at radius 1 is 1.25 bits per heavy atom. The van der Waals surface area contributed by atoms with E-state index in [0.717, 1.165) is 24.6 Å². The lowest BCUT2D eigenvalue weighted by atomic mass is 10.1. The van der Waals surface area contributed by atoms with Crippen LogP contribution in [0.5, 0.6) is 0 Å². The summed E-state index contributed by atoms with van der Waals surface area (Å²) in [5, 5.41) is 7.20. The number of hydrogen-bond acceptors (Lipinski definition) is 4. The zero-order chi connectivity index (χ0) is 11.8. The van der Waals surface area contributed by atoms with Crippen LogP contribution in [0.3, 0.4) is 0 Å². The van der Waals surface area contributed by atoms with E-state index < -0.39 is 0 Å². The first-order valence-corrected chi connectivity index (χ1v) is 6.27. The Balaban J connectivity index is 2.22. The smallest absolute Gasteiger partial charge is 0.226 e. The maximum Gasteiger partial charge on any atom is 0.226 e. The molecule has 4 nitrogen and oxygen atoms in total. The third-order valence-corrected chi connectivity index (χ3v) is 2.42. The van der Waals surface area contributed by atoms with Crippen LogP contribution in [0.2, 0.25) is 0 Å². The summed E-state index contributed by atoms with van der Waals surface area (Å²) in [6.45, 7) is 7.11. The van der Waals surface area contributed by atoms with Crippen molar-refractivity contribution < 1.29 is 4.52 Å². The van der Waals surface area contributed by atoms with Gasteiger partial charge in [-0.05, 0) is 6.42 Å². The summed E-state index contributed by atoms with van der Waals surface area (Å²) in [5.74, 6) is 1.54. The van der Waals surface area contributed by atoms with Crippen LogP contribution in [-0.2, 0) is 13.0 Å². The zero-order valence-corrected chi connectivity index (χ0v) is 10.6. The molecule has 0 aliphatic heterocycles. The van der Waals surface area contributed by atoms with Crippen LogP contribution in [0, 0.1) is 0 Å². The molecule has 0 unspecified atom stereocenters. The van der Waals surface area contributed by atoms with Gasteiger partial charge < -0.3 is 9.84 Å². The second kappa shape index (κ2) is 7.39. The summed E-state index contributed by atoms with van der Waals surface area (Å²) in [6.07, 6.45) is 5.85. The highest BCUT2D eigenvalue weighted by Crippen LogP contribution is 2.06. The minimum absolute atomic E-state index is 0.450. The third kappa shape index (κ3) is 5.26. The molecule has 92 valence electrons. The quantitative estimate of drug-likeness (QED) is 0.691. The highest BCUT2D eigenvalue weighted by atomic mass is 16.5. The first-order valence-electron chi connectivity index (χ1n) is 6.27. The molecule has 0 aliphatic carbocycles. The van der Waals surface area contributed by atoms with Gasteiger partial charge in [0.15, 0.2) is 5.82 Å². The molecule has 0 saturated heterocycles. The first kappa shape index (κ1) is 13.2. The molecule has 1 rings (SSSR count). The van der Waals surface area contributed by atoms with Crippen molar-refractivity contribution in [3.63, 3.8) is 0 Å². The number of nitrogens with zero attached hydrogens (tertiary/aromatic N) is 2. The Labute approximate surface area is 97.8 Å². The van der Waals surface area contributed by atoms with Gasteiger partial charge in [-0.1, -0.05) is 45.2 Å². The minimum Gasteiger partial charge on any atom is -0.339 e. The van der Waals surface area contributed by atoms with Crippen LogP contribution < -0.4 is 5.32 Å². The summed E-state index contributed by atoms with van der Waals surface area (Å²) in [7, 11) is 0. The van der Waals surface area contributed by atoms with Crippen molar-refractivity contribution in [3.8, 4) is 0 Å². The summed E-state index contributed by atoms with van der Waals surface area (Å²) in [5.41, 5.74) is 0. The third-order valence-electron chi connectivity index (χ3n) is 2.42. The van der Waals surface area contributed by atoms with Gasteiger partial charge in [0.05, 0.1) is 6.54 Å². The number of aromatic nitrogens is 2. The average Bonchev–Trinajstić information content (AvgIpc) is 2.70. The van der Waals surface area contributed by atoms with E-state index in [9.17, 15) is 0 Å². The molecule has 0 amide bonds. The fourth-order valence-electron chi connectivity index (χ4n) is 1.46. The lowest BCUT2D eigenvalue weighted by Crippen LogP contribution is -2.22. The van der Waals surface area contributed by atoms with E-state index in [4.69, 9.17) is 4.52 Å². The second-order valence-corrected chi connectivity index (χ2v) is 4.45. The maximum atomic E-state index is 5.18. The van der Waals surface area contributed by atoms with Gasteiger partial charge in [0, 0.05) is 12.5 Å². The highest BCUT2D eigenvalue weighted by molar-refractivity contribution is 4.86. The molecule has 0 bridgehead atoms. The predicted octanol–water partition coefficient (Wildman–Crippen LogP) is 2.69. The van der Waals surface area contributed by atoms with Crippen LogP contribution in [0.1, 0.15) is 58.2 Å². The van der Waals surface area contributed by atoms with Crippen molar-refractivity contribution >= 4 is 0 Å². The molecule has 0 aliphatic rings. The fourth-order valence-corrected chi connectivity index (χ4v) is 1.46. The van der Waals surface area contributed by atoms with E-state index >= 15 is 0 Å². The molecule has 0 fully saturated rings. The average molecular weight is 225 g/mol. The Bertz CT molecular complexity index is 284. The van der Waals surface area contributed by atoms with E-state index in [1.165, 1.54) is 19.3 Å². The molecule has 1 aromatic heterocycles. The van der Waals surface area contributed by atoms with Crippen molar-refractivity contribution in [2.75, 3.05) is 0 Å². The normalized spacial score (nSPS) is 11.2. The van der Waals surface area contributed by atoms with Crippen LogP contribution >= 0.6 is 0 Å². The summed E-state index contributed by atoms with van der Waals surface area (Å²) in [6, 6.07) is 0.450. The predicted molar refractivity (Wildman–Crippen MR) is 64.1 cm³/mol. The molecule has 16 heavy (non-hydrogen) atoms. The van der Waals surface area contributed by atoms with Crippen molar-refractivity contribution in [1.29, 1.82) is 0 Å². The summed E-state index contributed by atoms with van der Waals surface area (Å²) >= 11 is 0. The monoisotopic (exact) mass is 225 g/mol. The van der Waals surface area contributed by atoms with E-state index in [1.54, 1.807) is 0 Å². The van der Waals surface area contributed by atoms with Gasteiger partial charge in [-0.25, -0.2) is 0 Å². The maximum absolute atomic E-state index is 5.18. The molecule has 4 heteroatoms. The molecule has 1 N–H and O–H groups in total. The fraction of sp³-hybridized carbons (Fsp3) is 0.833. The Hall–Kier alpha value is -0.900. The zero-order valence-electron chi connectivity index (χ0n) is 10.6. The topological polar surface area (TPSA) is 51.0 Å². The molecule has 0 spiro atoms. The highest BCUT2D eigenvalue weighted by Gasteiger charge is 2.05. The van der Waals surface area contributed by atoms with Gasteiger partial charge in [-0.2, -0.15) is 4.98 Å². The molecule has 1 aromatic rings. The van der Waals surface area contributed by atoms with E-state index in [-0.39, 0.29) is 0 Å². The van der Waals surface area contributed by atoms with Crippen molar-refractivity contribution in [2.45, 2.75) is 65.5 Å². The number of hydrogen-bond donors (Lipinski definition) is 1. The Morgan fingerprint density at radius 2 is 2.06 bits per heavy atom. The van der Waals surface area contributed by atoms with E-state index in [2.05, 4.69) is 36.2 Å². The van der Waals surface area contributed by atoms with Gasteiger partial charge in [-0.15, -0.1) is 0 Å². The second-order valence-electron chi connectivity index (χ2n) is 4.45. The SMILES string of the molecule is CCCCCCc1nc(CNC(C)C)no1. The lowest BCUT2D eigenvalue weighted by molar-refractivity contribution is 0.366. The number of nitrogens with one attached hydrogen (secondary N) is 1. The van der Waals surface area contributed by atoms with Crippen LogP contribution in [0.4, 0.5) is 0 Å². The molecule has 1 heterocycles. The number of aryl methyl sites for hydroxylation is 1. The summed E-state index contributed by atoms with van der Waals surface area (Å²) in [4.78, 5) is 4.34. The van der Waals surface area contributed by atoms with Crippen LogP contribution in [0.25, 0.3) is 0 Å². The van der Waals surface area contributed by atoms with E-state index in [0.29, 0.717) is 12.6 Å². The minimum atomic E-state index is 0.450. The van der Waals surface area contributed by atoms with Crippen molar-refractivity contribution in [3.05, 3.63) is 11.7 Å². The molecular formula is C12H23N3O. The lowest BCUT2D eigenvalue weighted by Gasteiger charge is -2.03. The van der Waals surface area contributed by atoms with Gasteiger partial charge in [0.1, 0.15) is 0 Å². The van der Waals surface area contributed by atoms with Gasteiger partial charge in [0.25, 0.3) is 0 Å². The van der Waals surface area contributed by atoms with Gasteiger partial charge in [-0.3, -0.25) is 0 Å². The van der Waals surface area contributed by atoms with Crippen molar-refractivity contribution in [1.82, 2.24) is 15.5 Å². The Kier molecular flexibility index (Phi) is 6.08. The van der Waals surface area contributed by atoms with E-state index in [1.807, 2.05) is 0 Å². The van der Waals surface area contributed by atoms with Crippen LogP contribution in [-0.4, -0.2) is 16.2 Å². The molecular weight excluding hydrogens is 202 g/mol. The van der Waals surface area contributed by atoms with Gasteiger partial charge >= 0.3 is 0 Å². The van der Waals surface area contributed by atoms with Crippen LogP contribution in [0.15, 0.2) is 4.52 Å². The Morgan fingerprint density at radius 3 is 2.75 bits per heavy atom. The summed E-state index contributed by atoms with van der Waals surface area (Å²) < 4.78 is 5.18. The molecule has 0 saturated carbocycles. The number of rotatable bonds is 8. The number of unbranched alkanes of at least 4 members (excludes halogenated alkanes) is 3. The molecule has 0 atom stereocenters. The molecule has 0 radical (unpaired) electrons. The molecule has 0 aromatic carbocycles. The largest absolute Gasteiger partial charge is 0.339 e. The first-order chi connectivity index (χ1) is 7.72. The standard InChI is InChI=1S/C12H23N3O/c1-4-5-6-7-8-12-14-11(15-16-12)9-13-10(2)3/h10,13H,4-9H2,1-3H3. The van der Waals surface area contributed by atoms with Gasteiger partial charge in [0.2, 0.25) is 5.89 Å².